The van der Waals surface area contributed by atoms with Crippen LogP contribution in [0.4, 0.5) is 0 Å². The molecule has 35 heavy (non-hydrogen) atoms. The smallest absolute Gasteiger partial charge is 0.260 e. The van der Waals surface area contributed by atoms with Crippen LogP contribution < -0.4 is 10.3 Å². The summed E-state index contributed by atoms with van der Waals surface area (Å²) in [6.07, 6.45) is 4.36. The van der Waals surface area contributed by atoms with Gasteiger partial charge >= 0.3 is 0 Å². The molecule has 0 fully saturated rings. The monoisotopic (exact) mass is 503 g/mol. The van der Waals surface area contributed by atoms with Crippen LogP contribution in [0.3, 0.4) is 0 Å². The lowest BCUT2D eigenvalue weighted by Crippen LogP contribution is -2.12. The molecule has 0 unspecified atom stereocenters. The van der Waals surface area contributed by atoms with Gasteiger partial charge in [0.15, 0.2) is 0 Å². The molecule has 0 spiro atoms. The minimum Gasteiger partial charge on any atom is -0.492 e. The maximum absolute atomic E-state index is 13.2. The number of nitrogens with zero attached hydrogens (tertiary/aromatic N) is 2. The molecule has 6 rings (SSSR count). The summed E-state index contributed by atoms with van der Waals surface area (Å²) in [5, 5.41) is 2.61. The van der Waals surface area contributed by atoms with E-state index in [1.807, 2.05) is 37.3 Å². The molecule has 5 aromatic rings. The predicted octanol–water partition coefficient (Wildman–Crippen LogP) is 6.83. The van der Waals surface area contributed by atoms with Crippen molar-refractivity contribution in [2.75, 3.05) is 6.61 Å². The third-order valence-corrected chi connectivity index (χ3v) is 8.62. The van der Waals surface area contributed by atoms with Gasteiger partial charge in [0.05, 0.1) is 11.9 Å². The maximum atomic E-state index is 13.2. The lowest BCUT2D eigenvalue weighted by Gasteiger charge is -2.11. The fourth-order valence-electron chi connectivity index (χ4n) is 5.26. The van der Waals surface area contributed by atoms with Crippen molar-refractivity contribution >= 4 is 44.1 Å². The van der Waals surface area contributed by atoms with E-state index in [1.165, 1.54) is 16.9 Å². The molecule has 2 aromatic carbocycles. The van der Waals surface area contributed by atoms with Crippen molar-refractivity contribution in [3.8, 4) is 17.1 Å². The summed E-state index contributed by atoms with van der Waals surface area (Å²) in [4.78, 5) is 23.5. The Morgan fingerprint density at radius 1 is 1.14 bits per heavy atom. The number of aromatic amines is 1. The SMILES string of the molecule is Cc1cc(OCCn2c(C)c(-c3nc4sc5c(c4c(=O)[nH]3)CCCC5)c3ccccc32)ccc1Cl. The quantitative estimate of drug-likeness (QED) is 0.286. The molecule has 0 bridgehead atoms. The lowest BCUT2D eigenvalue weighted by atomic mass is 9.97. The van der Waals surface area contributed by atoms with E-state index >= 15 is 0 Å². The molecule has 1 aliphatic carbocycles. The average molecular weight is 504 g/mol. The zero-order valence-corrected chi connectivity index (χ0v) is 21.4. The second-order valence-electron chi connectivity index (χ2n) is 9.19. The molecule has 3 heterocycles. The Balaban J connectivity index is 1.39. The molecule has 0 atom stereocenters. The van der Waals surface area contributed by atoms with Gasteiger partial charge in [-0.2, -0.15) is 0 Å². The Morgan fingerprint density at radius 2 is 1.97 bits per heavy atom. The van der Waals surface area contributed by atoms with Gasteiger partial charge in [0.1, 0.15) is 23.0 Å². The maximum Gasteiger partial charge on any atom is 0.260 e. The van der Waals surface area contributed by atoms with E-state index in [1.54, 1.807) is 11.3 Å². The molecular weight excluding hydrogens is 478 g/mol. The first kappa shape index (κ1) is 22.4. The molecule has 0 amide bonds. The largest absolute Gasteiger partial charge is 0.492 e. The van der Waals surface area contributed by atoms with Crippen molar-refractivity contribution < 1.29 is 4.74 Å². The highest BCUT2D eigenvalue weighted by Crippen LogP contribution is 2.37. The van der Waals surface area contributed by atoms with Gasteiger partial charge in [0.2, 0.25) is 0 Å². The minimum absolute atomic E-state index is 0.0259. The number of aromatic nitrogens is 3. The molecule has 5 nitrogen and oxygen atoms in total. The number of thiophene rings is 1. The van der Waals surface area contributed by atoms with Gasteiger partial charge < -0.3 is 14.3 Å². The molecule has 178 valence electrons. The van der Waals surface area contributed by atoms with E-state index in [4.69, 9.17) is 21.3 Å². The van der Waals surface area contributed by atoms with Crippen LogP contribution >= 0.6 is 22.9 Å². The summed E-state index contributed by atoms with van der Waals surface area (Å²) in [5.74, 6) is 1.45. The van der Waals surface area contributed by atoms with Crippen LogP contribution in [0.15, 0.2) is 47.3 Å². The minimum atomic E-state index is -0.0259. The highest BCUT2D eigenvalue weighted by molar-refractivity contribution is 7.18. The number of hydrogen-bond donors (Lipinski definition) is 1. The molecule has 0 saturated carbocycles. The fourth-order valence-corrected chi connectivity index (χ4v) is 6.64. The van der Waals surface area contributed by atoms with Gasteiger partial charge in [-0.3, -0.25) is 4.79 Å². The normalized spacial score (nSPS) is 13.5. The number of aryl methyl sites for hydroxylation is 3. The van der Waals surface area contributed by atoms with Gasteiger partial charge in [-0.25, -0.2) is 4.98 Å². The molecule has 7 heteroatoms. The van der Waals surface area contributed by atoms with Gasteiger partial charge in [-0.1, -0.05) is 29.8 Å². The number of hydrogen-bond acceptors (Lipinski definition) is 4. The zero-order chi connectivity index (χ0) is 24.1. The molecule has 0 radical (unpaired) electrons. The molecule has 0 aliphatic heterocycles. The summed E-state index contributed by atoms with van der Waals surface area (Å²) in [6.45, 7) is 5.25. The standard InChI is InChI=1S/C28H26ClN3O2S/c1-16-15-18(11-12-21(16)29)34-14-13-32-17(2)24(19-7-3-5-9-22(19)32)26-30-27(33)25-20-8-4-6-10-23(20)35-28(25)31-26/h3,5,7,9,11-12,15H,4,6,8,10,13-14H2,1-2H3,(H,30,31,33). The number of benzene rings is 2. The van der Waals surface area contributed by atoms with E-state index in [9.17, 15) is 4.79 Å². The predicted molar refractivity (Wildman–Crippen MR) is 144 cm³/mol. The molecule has 1 aliphatic rings. The van der Waals surface area contributed by atoms with Crippen LogP contribution in [-0.4, -0.2) is 21.1 Å². The third-order valence-electron chi connectivity index (χ3n) is 7.01. The van der Waals surface area contributed by atoms with Crippen molar-refractivity contribution in [3.63, 3.8) is 0 Å². The van der Waals surface area contributed by atoms with Crippen LogP contribution in [0.1, 0.15) is 34.5 Å². The van der Waals surface area contributed by atoms with Crippen LogP contribution in [0.5, 0.6) is 5.75 Å². The Kier molecular flexibility index (Phi) is 5.66. The number of ether oxygens (including phenoxy) is 1. The van der Waals surface area contributed by atoms with Gasteiger partial charge in [-0.05, 0) is 74.9 Å². The van der Waals surface area contributed by atoms with Gasteiger partial charge in [0, 0.05) is 32.1 Å². The van der Waals surface area contributed by atoms with Crippen LogP contribution in [0, 0.1) is 13.8 Å². The number of fused-ring (bicyclic) bond motifs is 4. The Morgan fingerprint density at radius 3 is 2.83 bits per heavy atom. The number of halogens is 1. The number of nitrogens with one attached hydrogen (secondary N) is 1. The highest BCUT2D eigenvalue weighted by Gasteiger charge is 2.22. The van der Waals surface area contributed by atoms with Crippen molar-refractivity contribution in [2.24, 2.45) is 0 Å². The zero-order valence-electron chi connectivity index (χ0n) is 19.8. The molecular formula is C28H26ClN3O2S. The Hall–Kier alpha value is -3.09. The summed E-state index contributed by atoms with van der Waals surface area (Å²) in [5.41, 5.74) is 5.32. The lowest BCUT2D eigenvalue weighted by molar-refractivity contribution is 0.299. The number of rotatable bonds is 5. The molecule has 1 N–H and O–H groups in total. The topological polar surface area (TPSA) is 59.9 Å². The summed E-state index contributed by atoms with van der Waals surface area (Å²) in [7, 11) is 0. The van der Waals surface area contributed by atoms with Crippen molar-refractivity contribution in [1.82, 2.24) is 14.5 Å². The van der Waals surface area contributed by atoms with Crippen molar-refractivity contribution in [2.45, 2.75) is 46.1 Å². The summed E-state index contributed by atoms with van der Waals surface area (Å²) >= 11 is 7.83. The fraction of sp³-hybridized carbons (Fsp3) is 0.286. The van der Waals surface area contributed by atoms with Crippen molar-refractivity contribution in [1.29, 1.82) is 0 Å². The Bertz CT molecular complexity index is 1650. The first-order valence-electron chi connectivity index (χ1n) is 12.0. The third kappa shape index (κ3) is 3.85. The van der Waals surface area contributed by atoms with E-state index in [0.29, 0.717) is 19.0 Å². The number of H-pyrrole nitrogens is 1. The second kappa shape index (κ2) is 8.85. The van der Waals surface area contributed by atoms with Gasteiger partial charge in [0.25, 0.3) is 5.56 Å². The number of para-hydroxylation sites is 1. The van der Waals surface area contributed by atoms with Crippen LogP contribution in [-0.2, 0) is 19.4 Å². The first-order chi connectivity index (χ1) is 17.0. The average Bonchev–Trinajstić information content (AvgIpc) is 3.36. The van der Waals surface area contributed by atoms with E-state index in [2.05, 4.69) is 28.6 Å². The van der Waals surface area contributed by atoms with Crippen LogP contribution in [0.25, 0.3) is 32.5 Å². The van der Waals surface area contributed by atoms with Gasteiger partial charge in [-0.15, -0.1) is 11.3 Å². The van der Waals surface area contributed by atoms with E-state index in [-0.39, 0.29) is 5.56 Å². The van der Waals surface area contributed by atoms with Crippen molar-refractivity contribution in [3.05, 3.63) is 79.5 Å². The molecule has 3 aromatic heterocycles. The highest BCUT2D eigenvalue weighted by atomic mass is 35.5. The van der Waals surface area contributed by atoms with E-state index < -0.39 is 0 Å². The van der Waals surface area contributed by atoms with E-state index in [0.717, 1.165) is 68.0 Å². The summed E-state index contributed by atoms with van der Waals surface area (Å²) in [6, 6.07) is 14.0. The summed E-state index contributed by atoms with van der Waals surface area (Å²) < 4.78 is 8.28. The Labute approximate surface area is 212 Å². The van der Waals surface area contributed by atoms with Crippen LogP contribution in [0.2, 0.25) is 5.02 Å². The molecule has 0 saturated heterocycles. The first-order valence-corrected chi connectivity index (χ1v) is 13.2. The second-order valence-corrected chi connectivity index (χ2v) is 10.7.